The number of carbonyl (C=O) groups is 1. The number of hydrogen-bond acceptors (Lipinski definition) is 11. The van der Waals surface area contributed by atoms with Gasteiger partial charge < -0.3 is 34.3 Å². The quantitative estimate of drug-likeness (QED) is 0.0198. The van der Waals surface area contributed by atoms with E-state index in [2.05, 4.69) is 54.5 Å². The van der Waals surface area contributed by atoms with E-state index in [0.717, 1.165) is 70.6 Å². The predicted octanol–water partition coefficient (Wildman–Crippen LogP) is 10.6. The largest absolute Gasteiger partial charge is 0.457 e. The van der Waals surface area contributed by atoms with Crippen molar-refractivity contribution in [2.45, 2.75) is 237 Å². The normalized spacial score (nSPS) is 20.4. The minimum absolute atomic E-state index is 0.0231. The van der Waals surface area contributed by atoms with Crippen molar-refractivity contribution in [1.29, 1.82) is 0 Å². The summed E-state index contributed by atoms with van der Waals surface area (Å²) in [7, 11) is -5.06. The first kappa shape index (κ1) is 57.3. The number of allylic oxidation sites excluding steroid dienone is 6. The first-order valence-electron chi connectivity index (χ1n) is 24.2. The molecule has 0 spiro atoms. The van der Waals surface area contributed by atoms with Crippen molar-refractivity contribution >= 4 is 16.4 Å². The SMILES string of the molecule is CC/C=C\C/C=C\C/C=C\CCCCCCOCC(COC1OC(CO)C(O)C(OS(=O)(=O)O)C1O)OC(=O)CCCCCCCCCCCCCCCCCCCCCC. The molecule has 6 atom stereocenters. The molecule has 13 heteroatoms. The van der Waals surface area contributed by atoms with Gasteiger partial charge in [-0.2, -0.15) is 8.42 Å². The minimum Gasteiger partial charge on any atom is -0.457 e. The molecule has 0 saturated carbocycles. The zero-order valence-corrected chi connectivity index (χ0v) is 39.0. The second kappa shape index (κ2) is 39.9. The lowest BCUT2D eigenvalue weighted by atomic mass is 9.99. The number of rotatable bonds is 42. The van der Waals surface area contributed by atoms with E-state index in [1.165, 1.54) is 103 Å². The number of ether oxygens (including phenoxy) is 4. The molecule has 12 nitrogen and oxygen atoms in total. The molecule has 1 fully saturated rings. The van der Waals surface area contributed by atoms with Gasteiger partial charge in [0.25, 0.3) is 0 Å². The van der Waals surface area contributed by atoms with Crippen molar-refractivity contribution in [3.63, 3.8) is 0 Å². The lowest BCUT2D eigenvalue weighted by molar-refractivity contribution is -0.301. The Balaban J connectivity index is 2.38. The predicted molar refractivity (Wildman–Crippen MR) is 243 cm³/mol. The Hall–Kier alpha value is -1.68. The van der Waals surface area contributed by atoms with Crippen LogP contribution in [0.5, 0.6) is 0 Å². The number of hydrogen-bond donors (Lipinski definition) is 4. The van der Waals surface area contributed by atoms with Crippen LogP contribution in [-0.4, -0.2) is 97.5 Å². The molecule has 1 aliphatic heterocycles. The van der Waals surface area contributed by atoms with Gasteiger partial charge in [0.1, 0.15) is 30.5 Å². The van der Waals surface area contributed by atoms with Crippen LogP contribution in [0.1, 0.15) is 200 Å². The highest BCUT2D eigenvalue weighted by Gasteiger charge is 2.48. The van der Waals surface area contributed by atoms with Crippen molar-refractivity contribution in [1.82, 2.24) is 0 Å². The standard InChI is InChI=1S/C48H88O12S/c1-3-5-7-9-11-13-15-17-19-20-21-22-23-24-25-27-29-31-33-35-37-44(50)58-42(40-56-38-36-34-32-30-28-26-18-16-14-12-10-8-6-4-2)41-57-48-46(52)47(60-61(53,54)55)45(51)43(39-49)59-48/h6,8,12,14,18,26,42-43,45-49,51-52H,3-5,7,9-11,13,15-17,19-25,27-41H2,1-2H3,(H,53,54,55)/b8-6-,14-12-,26-18-. The molecular formula is C48H88O12S. The van der Waals surface area contributed by atoms with Gasteiger partial charge in [-0.25, -0.2) is 4.18 Å². The highest BCUT2D eigenvalue weighted by molar-refractivity contribution is 7.80. The zero-order valence-electron chi connectivity index (χ0n) is 38.2. The fraction of sp³-hybridized carbons (Fsp3) is 0.854. The van der Waals surface area contributed by atoms with Gasteiger partial charge in [-0.1, -0.05) is 185 Å². The molecule has 0 bridgehead atoms. The van der Waals surface area contributed by atoms with Crippen LogP contribution in [0.4, 0.5) is 0 Å². The van der Waals surface area contributed by atoms with E-state index >= 15 is 0 Å². The average Bonchev–Trinajstić information content (AvgIpc) is 3.23. The van der Waals surface area contributed by atoms with Crippen molar-refractivity contribution in [3.8, 4) is 0 Å². The van der Waals surface area contributed by atoms with Gasteiger partial charge >= 0.3 is 16.4 Å². The highest BCUT2D eigenvalue weighted by Crippen LogP contribution is 2.26. The summed E-state index contributed by atoms with van der Waals surface area (Å²) in [5, 5.41) is 30.7. The van der Waals surface area contributed by atoms with E-state index in [4.69, 9.17) is 23.5 Å². The van der Waals surface area contributed by atoms with Gasteiger partial charge in [0.15, 0.2) is 6.29 Å². The molecule has 0 radical (unpaired) electrons. The molecule has 61 heavy (non-hydrogen) atoms. The third-order valence-electron chi connectivity index (χ3n) is 11.0. The maximum absolute atomic E-state index is 12.9. The molecule has 4 N–H and O–H groups in total. The van der Waals surface area contributed by atoms with Crippen LogP contribution < -0.4 is 0 Å². The average molecular weight is 889 g/mol. The third-order valence-corrected chi connectivity index (χ3v) is 11.5. The van der Waals surface area contributed by atoms with Crippen LogP contribution in [0.2, 0.25) is 0 Å². The van der Waals surface area contributed by atoms with Gasteiger partial charge in [0.2, 0.25) is 0 Å². The van der Waals surface area contributed by atoms with Crippen molar-refractivity contribution < 1.29 is 56.2 Å². The number of aliphatic hydroxyl groups is 3. The van der Waals surface area contributed by atoms with Crippen LogP contribution >= 0.6 is 0 Å². The number of esters is 1. The lowest BCUT2D eigenvalue weighted by Gasteiger charge is -2.41. The van der Waals surface area contributed by atoms with Crippen LogP contribution in [-0.2, 0) is 38.3 Å². The fourth-order valence-electron chi connectivity index (χ4n) is 7.39. The Kier molecular flexibility index (Phi) is 37.5. The molecule has 1 rings (SSSR count). The fourth-order valence-corrected chi connectivity index (χ4v) is 7.90. The molecule has 0 aromatic rings. The van der Waals surface area contributed by atoms with Crippen molar-refractivity contribution in [2.24, 2.45) is 0 Å². The van der Waals surface area contributed by atoms with E-state index in [0.29, 0.717) is 13.0 Å². The van der Waals surface area contributed by atoms with Gasteiger partial charge in [-0.15, -0.1) is 0 Å². The van der Waals surface area contributed by atoms with Crippen molar-refractivity contribution in [2.75, 3.05) is 26.4 Å². The van der Waals surface area contributed by atoms with E-state index in [1.54, 1.807) is 0 Å². The van der Waals surface area contributed by atoms with Crippen LogP contribution in [0, 0.1) is 0 Å². The summed E-state index contributed by atoms with van der Waals surface area (Å²) in [5.74, 6) is -0.405. The minimum atomic E-state index is -5.06. The Morgan fingerprint density at radius 3 is 1.66 bits per heavy atom. The van der Waals surface area contributed by atoms with Crippen molar-refractivity contribution in [3.05, 3.63) is 36.5 Å². The number of carbonyl (C=O) groups excluding carboxylic acids is 1. The van der Waals surface area contributed by atoms with Gasteiger partial charge in [-0.3, -0.25) is 9.35 Å². The third kappa shape index (κ3) is 33.5. The summed E-state index contributed by atoms with van der Waals surface area (Å²) in [6, 6.07) is 0. The van der Waals surface area contributed by atoms with E-state index in [9.17, 15) is 28.5 Å². The molecule has 1 aliphatic rings. The Morgan fingerprint density at radius 2 is 1.13 bits per heavy atom. The van der Waals surface area contributed by atoms with E-state index in [1.807, 2.05) is 0 Å². The van der Waals surface area contributed by atoms with Crippen LogP contribution in [0.25, 0.3) is 0 Å². The summed E-state index contributed by atoms with van der Waals surface area (Å²) < 4.78 is 59.1. The zero-order chi connectivity index (χ0) is 44.7. The lowest BCUT2D eigenvalue weighted by Crippen LogP contribution is -2.60. The monoisotopic (exact) mass is 889 g/mol. The smallest absolute Gasteiger partial charge is 0.397 e. The first-order valence-corrected chi connectivity index (χ1v) is 25.6. The Labute approximate surface area is 371 Å². The topological polar surface area (TPSA) is 178 Å². The van der Waals surface area contributed by atoms with E-state index in [-0.39, 0.29) is 19.6 Å². The van der Waals surface area contributed by atoms with Gasteiger partial charge in [0.05, 0.1) is 19.8 Å². The summed E-state index contributed by atoms with van der Waals surface area (Å²) in [4.78, 5) is 12.9. The molecule has 0 aliphatic carbocycles. The molecule has 1 heterocycles. The van der Waals surface area contributed by atoms with Crippen LogP contribution in [0.3, 0.4) is 0 Å². The first-order chi connectivity index (χ1) is 29.6. The number of unbranched alkanes of at least 4 members (excludes halogenated alkanes) is 23. The second-order valence-corrected chi connectivity index (χ2v) is 17.7. The van der Waals surface area contributed by atoms with E-state index < -0.39 is 59.8 Å². The Morgan fingerprint density at radius 1 is 0.639 bits per heavy atom. The molecule has 358 valence electrons. The maximum Gasteiger partial charge on any atom is 0.397 e. The van der Waals surface area contributed by atoms with Crippen LogP contribution in [0.15, 0.2) is 36.5 Å². The summed E-state index contributed by atoms with van der Waals surface area (Å²) in [5.41, 5.74) is 0. The van der Waals surface area contributed by atoms with Gasteiger partial charge in [-0.05, 0) is 44.9 Å². The molecule has 0 amide bonds. The molecular weight excluding hydrogens is 801 g/mol. The maximum atomic E-state index is 12.9. The Bertz CT molecular complexity index is 1210. The molecule has 0 aromatic carbocycles. The number of aliphatic hydroxyl groups excluding tert-OH is 3. The summed E-state index contributed by atoms with van der Waals surface area (Å²) in [6.45, 7) is 3.85. The highest BCUT2D eigenvalue weighted by atomic mass is 32.3. The second-order valence-electron chi connectivity index (χ2n) is 16.7. The summed E-state index contributed by atoms with van der Waals surface area (Å²) in [6.07, 6.45) is 37.5. The molecule has 0 aromatic heterocycles. The van der Waals surface area contributed by atoms with Gasteiger partial charge in [0, 0.05) is 13.0 Å². The molecule has 6 unspecified atom stereocenters. The molecule has 1 saturated heterocycles. The summed E-state index contributed by atoms with van der Waals surface area (Å²) >= 11 is 0.